The molecule has 3 saturated heterocycles. The van der Waals surface area contributed by atoms with E-state index in [2.05, 4.69) is 10.6 Å². The van der Waals surface area contributed by atoms with Gasteiger partial charge in [0.05, 0.1) is 16.5 Å². The predicted octanol–water partition coefficient (Wildman–Crippen LogP) is 5.89. The first-order chi connectivity index (χ1) is 23.0. The number of phenolic OH excluding ortho intramolecular Hbond substituents is 1. The summed E-state index contributed by atoms with van der Waals surface area (Å²) >= 11 is 6.01. The highest BCUT2D eigenvalue weighted by molar-refractivity contribution is 6.32. The average molecular weight is 690 g/mol. The maximum absolute atomic E-state index is 14.0. The van der Waals surface area contributed by atoms with E-state index >= 15 is 0 Å². The van der Waals surface area contributed by atoms with Crippen LogP contribution in [0, 0.1) is 17.8 Å². The first kappa shape index (κ1) is 34.4. The molecule has 13 heteroatoms. The van der Waals surface area contributed by atoms with Gasteiger partial charge in [-0.15, -0.1) is 0 Å². The first-order valence-corrected chi connectivity index (χ1v) is 17.4. The molecule has 2 aromatic rings. The molecule has 260 valence electrons. The second-order valence-corrected chi connectivity index (χ2v) is 14.1. The molecule has 0 radical (unpaired) electrons. The normalized spacial score (nSPS) is 20.8. The van der Waals surface area contributed by atoms with E-state index in [-0.39, 0.29) is 42.3 Å². The van der Waals surface area contributed by atoms with Gasteiger partial charge >= 0.3 is 12.2 Å². The molecule has 0 aliphatic carbocycles. The van der Waals surface area contributed by atoms with Crippen molar-refractivity contribution in [2.24, 2.45) is 17.8 Å². The number of piperidine rings is 3. The molecule has 9 nitrogen and oxygen atoms in total. The van der Waals surface area contributed by atoms with Crippen LogP contribution in [-0.2, 0) is 28.7 Å². The Hall–Kier alpha value is -3.51. The van der Waals surface area contributed by atoms with Crippen LogP contribution in [0.1, 0.15) is 61.6 Å². The maximum Gasteiger partial charge on any atom is 0.420 e. The van der Waals surface area contributed by atoms with Crippen LogP contribution < -0.4 is 10.6 Å². The topological polar surface area (TPSA) is 105 Å². The van der Waals surface area contributed by atoms with Crippen molar-refractivity contribution in [2.75, 3.05) is 44.6 Å². The minimum atomic E-state index is -4.84. The summed E-state index contributed by atoms with van der Waals surface area (Å²) in [7, 11) is 0. The van der Waals surface area contributed by atoms with Crippen LogP contribution in [0.15, 0.2) is 36.4 Å². The van der Waals surface area contributed by atoms with Crippen LogP contribution in [-0.4, -0.2) is 83.0 Å². The zero-order valence-electron chi connectivity index (χ0n) is 26.9. The van der Waals surface area contributed by atoms with Gasteiger partial charge in [-0.3, -0.25) is 9.59 Å². The molecule has 0 aromatic heterocycles. The third-order valence-electron chi connectivity index (χ3n) is 10.7. The Kier molecular flexibility index (Phi) is 10.4. The van der Waals surface area contributed by atoms with Gasteiger partial charge in [0.15, 0.2) is 0 Å². The largest absolute Gasteiger partial charge is 0.506 e. The number of carbonyl (C=O) groups excluding carboxylic acids is 3. The molecule has 0 spiro atoms. The van der Waals surface area contributed by atoms with Gasteiger partial charge in [0.25, 0.3) is 0 Å². The Morgan fingerprint density at radius 1 is 0.938 bits per heavy atom. The van der Waals surface area contributed by atoms with Crippen molar-refractivity contribution >= 4 is 35.1 Å². The molecule has 1 atom stereocenters. The highest BCUT2D eigenvalue weighted by atomic mass is 35.5. The predicted molar refractivity (Wildman–Crippen MR) is 175 cm³/mol. The number of rotatable bonds is 7. The smallest absolute Gasteiger partial charge is 0.420 e. The fourth-order valence-electron chi connectivity index (χ4n) is 7.97. The van der Waals surface area contributed by atoms with Crippen molar-refractivity contribution in [3.05, 3.63) is 58.1 Å². The van der Waals surface area contributed by atoms with E-state index in [4.69, 9.17) is 11.6 Å². The van der Waals surface area contributed by atoms with Gasteiger partial charge in [-0.05, 0) is 99.2 Å². The van der Waals surface area contributed by atoms with Crippen molar-refractivity contribution in [1.82, 2.24) is 20.0 Å². The van der Waals surface area contributed by atoms with E-state index in [1.807, 2.05) is 24.3 Å². The lowest BCUT2D eigenvalue weighted by Crippen LogP contribution is -2.51. The Labute approximate surface area is 283 Å². The van der Waals surface area contributed by atoms with E-state index in [0.29, 0.717) is 57.4 Å². The number of alkyl halides is 3. The van der Waals surface area contributed by atoms with E-state index in [1.54, 1.807) is 14.7 Å². The van der Waals surface area contributed by atoms with Crippen molar-refractivity contribution in [3.63, 3.8) is 0 Å². The quantitative estimate of drug-likeness (QED) is 0.337. The van der Waals surface area contributed by atoms with Crippen molar-refractivity contribution in [3.8, 4) is 5.75 Å². The lowest BCUT2D eigenvalue weighted by atomic mass is 9.79. The molecule has 4 heterocycles. The summed E-state index contributed by atoms with van der Waals surface area (Å²) < 4.78 is 41.1. The molecule has 4 amide bonds. The van der Waals surface area contributed by atoms with Crippen molar-refractivity contribution in [1.29, 1.82) is 0 Å². The molecule has 3 N–H and O–H groups in total. The Morgan fingerprint density at radius 2 is 1.58 bits per heavy atom. The number of benzene rings is 2. The summed E-state index contributed by atoms with van der Waals surface area (Å²) in [6.07, 6.45) is -0.00514. The summed E-state index contributed by atoms with van der Waals surface area (Å²) in [5.74, 6) is -1.29. The number of hydrogen-bond donors (Lipinski definition) is 3. The van der Waals surface area contributed by atoms with E-state index < -0.39 is 28.4 Å². The Balaban J connectivity index is 1.13. The lowest BCUT2D eigenvalue weighted by molar-refractivity contribution is -0.143. The summed E-state index contributed by atoms with van der Waals surface area (Å²) in [5, 5.41) is 15.9. The number of hydrogen-bond acceptors (Lipinski definition) is 5. The summed E-state index contributed by atoms with van der Waals surface area (Å²) in [6.45, 7) is 4.39. The monoisotopic (exact) mass is 689 g/mol. The molecule has 2 aromatic carbocycles. The highest BCUT2D eigenvalue weighted by Crippen LogP contribution is 2.41. The van der Waals surface area contributed by atoms with Gasteiger partial charge in [0.1, 0.15) is 5.75 Å². The fourth-order valence-corrected chi connectivity index (χ4v) is 8.21. The van der Waals surface area contributed by atoms with E-state index in [1.165, 1.54) is 6.07 Å². The number of amides is 4. The highest BCUT2D eigenvalue weighted by Gasteiger charge is 2.38. The first-order valence-electron chi connectivity index (χ1n) is 17.0. The SMILES string of the molecule is O=C(CC(Cc1cc(Cl)c(O)c(C(F)(F)F)c1)C(=O)N1CCC(C2CCNCC2)CC1)N1CCC(N2Cc3ccccc3NC2=O)CC1. The maximum atomic E-state index is 14.0. The molecular weight excluding hydrogens is 647 g/mol. The number of aromatic hydroxyl groups is 1. The van der Waals surface area contributed by atoms with Crippen LogP contribution in [0.3, 0.4) is 0 Å². The van der Waals surface area contributed by atoms with Crippen molar-refractivity contribution in [2.45, 2.75) is 70.1 Å². The number of halogens is 4. The van der Waals surface area contributed by atoms with E-state index in [9.17, 15) is 32.7 Å². The van der Waals surface area contributed by atoms with Gasteiger partial charge in [-0.1, -0.05) is 29.8 Å². The Morgan fingerprint density at radius 3 is 2.27 bits per heavy atom. The van der Waals surface area contributed by atoms with Crippen LogP contribution >= 0.6 is 11.6 Å². The standard InChI is InChI=1S/C35H43ClF3N5O4/c36-29-19-22(18-28(32(29)46)35(37,38)39)17-26(33(47)43-13-7-24(8-14-43)23-5-11-40-12-6-23)20-31(45)42-15-9-27(10-16-42)44-21-25-3-1-2-4-30(25)41-34(44)48/h1-4,18-19,23-24,26-27,40,46H,5-17,20-21H2,(H,41,48). The van der Waals surface area contributed by atoms with Crippen molar-refractivity contribution < 1.29 is 32.7 Å². The molecule has 0 bridgehead atoms. The van der Waals surface area contributed by atoms with Gasteiger partial charge in [-0.25, -0.2) is 4.79 Å². The second kappa shape index (κ2) is 14.5. The number of anilines is 1. The minimum Gasteiger partial charge on any atom is -0.506 e. The van der Waals surface area contributed by atoms with Crippen LogP contribution in [0.4, 0.5) is 23.7 Å². The van der Waals surface area contributed by atoms with Crippen LogP contribution in [0.5, 0.6) is 5.75 Å². The van der Waals surface area contributed by atoms with Crippen LogP contribution in [0.25, 0.3) is 0 Å². The number of fused-ring (bicyclic) bond motifs is 1. The number of urea groups is 1. The molecule has 3 fully saturated rings. The second-order valence-electron chi connectivity index (χ2n) is 13.7. The third kappa shape index (κ3) is 7.70. The van der Waals surface area contributed by atoms with Crippen LogP contribution in [0.2, 0.25) is 5.02 Å². The number of nitrogens with zero attached hydrogens (tertiary/aromatic N) is 3. The molecular formula is C35H43ClF3N5O4. The molecule has 6 rings (SSSR count). The van der Waals surface area contributed by atoms with Gasteiger partial charge in [0.2, 0.25) is 11.8 Å². The fraction of sp³-hybridized carbons (Fsp3) is 0.571. The molecule has 0 saturated carbocycles. The van der Waals surface area contributed by atoms with Gasteiger partial charge < -0.3 is 30.4 Å². The lowest BCUT2D eigenvalue weighted by Gasteiger charge is -2.41. The summed E-state index contributed by atoms with van der Waals surface area (Å²) in [5.41, 5.74) is 0.697. The van der Waals surface area contributed by atoms with Gasteiger partial charge in [-0.2, -0.15) is 13.2 Å². The number of carbonyl (C=O) groups is 3. The summed E-state index contributed by atoms with van der Waals surface area (Å²) in [6, 6.07) is 9.50. The zero-order chi connectivity index (χ0) is 34.0. The number of nitrogens with one attached hydrogen (secondary N) is 2. The third-order valence-corrected chi connectivity index (χ3v) is 11.0. The number of phenols is 1. The molecule has 48 heavy (non-hydrogen) atoms. The summed E-state index contributed by atoms with van der Waals surface area (Å²) in [4.78, 5) is 45.8. The molecule has 4 aliphatic heterocycles. The molecule has 1 unspecified atom stereocenters. The van der Waals surface area contributed by atoms with E-state index in [0.717, 1.165) is 56.1 Å². The molecule has 4 aliphatic rings. The zero-order valence-corrected chi connectivity index (χ0v) is 27.7. The number of para-hydroxylation sites is 1. The number of likely N-dealkylation sites (tertiary alicyclic amines) is 2. The minimum absolute atomic E-state index is 0.0546. The Bertz CT molecular complexity index is 1500. The average Bonchev–Trinajstić information content (AvgIpc) is 3.09. The van der Waals surface area contributed by atoms with Gasteiger partial charge in [0, 0.05) is 50.9 Å².